The fraction of sp³-hybridized carbons (Fsp3) is 0.222. The average Bonchev–Trinajstić information content (AvgIpc) is 2.11. The molecule has 0 aliphatic rings. The van der Waals surface area contributed by atoms with E-state index in [0.717, 1.165) is 0 Å². The highest BCUT2D eigenvalue weighted by Gasteiger charge is 2.06. The number of carbonyl (C=O) groups excluding carboxylic acids is 1. The van der Waals surface area contributed by atoms with Crippen LogP contribution in [-0.4, -0.2) is 16.2 Å². The first kappa shape index (κ1) is 10.5. The molecule has 0 aliphatic carbocycles. The van der Waals surface area contributed by atoms with Crippen LogP contribution in [0.2, 0.25) is 5.02 Å². The third-order valence-corrected chi connectivity index (χ3v) is 2.56. The molecule has 0 fully saturated rings. The molecular weight excluding hydrogens is 255 g/mol. The van der Waals surface area contributed by atoms with Gasteiger partial charge in [0.2, 0.25) is 0 Å². The van der Waals surface area contributed by atoms with Gasteiger partial charge in [0.05, 0.1) is 5.33 Å². The molecular formula is C9H8BrClO2. The molecule has 1 rings (SSSR count). The first-order valence-corrected chi connectivity index (χ1v) is 5.18. The number of hydrogen-bond donors (Lipinski definition) is 1. The largest absolute Gasteiger partial charge is 0.508 e. The number of alkyl halides is 1. The number of ketones is 1. The molecule has 4 heteroatoms. The lowest BCUT2D eigenvalue weighted by Crippen LogP contribution is -2.03. The van der Waals surface area contributed by atoms with Crippen LogP contribution in [0.1, 0.15) is 5.56 Å². The molecule has 0 atom stereocenters. The summed E-state index contributed by atoms with van der Waals surface area (Å²) in [5, 5.41) is 9.95. The van der Waals surface area contributed by atoms with Gasteiger partial charge in [0, 0.05) is 11.4 Å². The number of carbonyl (C=O) groups is 1. The molecule has 0 aliphatic heterocycles. The monoisotopic (exact) mass is 262 g/mol. The highest BCUT2D eigenvalue weighted by molar-refractivity contribution is 9.09. The minimum atomic E-state index is 0.0347. The Balaban J connectivity index is 2.87. The number of phenolic OH excluding ortho intramolecular Hbond substituents is 1. The maximum Gasteiger partial charge on any atom is 0.147 e. The number of hydrogen-bond acceptors (Lipinski definition) is 2. The van der Waals surface area contributed by atoms with E-state index >= 15 is 0 Å². The Bertz CT molecular complexity index is 325. The van der Waals surface area contributed by atoms with Crippen molar-refractivity contribution in [3.8, 4) is 5.75 Å². The molecule has 0 aromatic heterocycles. The van der Waals surface area contributed by atoms with Crippen LogP contribution >= 0.6 is 27.5 Å². The fourth-order valence-electron chi connectivity index (χ4n) is 0.956. The van der Waals surface area contributed by atoms with Crippen molar-refractivity contribution in [2.75, 3.05) is 5.33 Å². The van der Waals surface area contributed by atoms with E-state index in [-0.39, 0.29) is 18.0 Å². The summed E-state index contributed by atoms with van der Waals surface area (Å²) in [7, 11) is 0. The number of phenols is 1. The molecule has 0 saturated carbocycles. The maximum absolute atomic E-state index is 11.1. The van der Waals surface area contributed by atoms with E-state index in [9.17, 15) is 4.79 Å². The van der Waals surface area contributed by atoms with Crippen molar-refractivity contribution in [2.45, 2.75) is 6.42 Å². The van der Waals surface area contributed by atoms with Gasteiger partial charge >= 0.3 is 0 Å². The van der Waals surface area contributed by atoms with Gasteiger partial charge in [-0.15, -0.1) is 0 Å². The highest BCUT2D eigenvalue weighted by Crippen LogP contribution is 2.21. The molecule has 0 spiro atoms. The average molecular weight is 264 g/mol. The number of halogens is 2. The van der Waals surface area contributed by atoms with Crippen LogP contribution in [0.25, 0.3) is 0 Å². The second kappa shape index (κ2) is 4.63. The highest BCUT2D eigenvalue weighted by atomic mass is 79.9. The summed E-state index contributed by atoms with van der Waals surface area (Å²) in [6.45, 7) is 0. The van der Waals surface area contributed by atoms with Crippen molar-refractivity contribution >= 4 is 33.3 Å². The van der Waals surface area contributed by atoms with E-state index in [1.165, 1.54) is 12.1 Å². The summed E-state index contributed by atoms with van der Waals surface area (Å²) in [6, 6.07) is 4.57. The third-order valence-electron chi connectivity index (χ3n) is 1.57. The molecule has 1 aromatic carbocycles. The lowest BCUT2D eigenvalue weighted by molar-refractivity contribution is -0.115. The number of aromatic hydroxyl groups is 1. The maximum atomic E-state index is 11.1. The van der Waals surface area contributed by atoms with Crippen LogP contribution in [0.4, 0.5) is 0 Å². The van der Waals surface area contributed by atoms with Crippen LogP contribution < -0.4 is 0 Å². The van der Waals surface area contributed by atoms with Crippen molar-refractivity contribution in [1.29, 1.82) is 0 Å². The van der Waals surface area contributed by atoms with Crippen LogP contribution in [0.15, 0.2) is 18.2 Å². The first-order valence-electron chi connectivity index (χ1n) is 3.68. The Labute approximate surface area is 89.7 Å². The van der Waals surface area contributed by atoms with Crippen LogP contribution in [-0.2, 0) is 11.2 Å². The van der Waals surface area contributed by atoms with Gasteiger partial charge in [-0.2, -0.15) is 0 Å². The van der Waals surface area contributed by atoms with E-state index in [1.807, 2.05) is 0 Å². The van der Waals surface area contributed by atoms with Gasteiger partial charge in [-0.25, -0.2) is 0 Å². The third kappa shape index (κ3) is 3.01. The van der Waals surface area contributed by atoms with Gasteiger partial charge < -0.3 is 5.11 Å². The Morgan fingerprint density at radius 1 is 1.54 bits per heavy atom. The van der Waals surface area contributed by atoms with E-state index in [1.54, 1.807) is 6.07 Å². The molecule has 70 valence electrons. The van der Waals surface area contributed by atoms with E-state index in [0.29, 0.717) is 15.9 Å². The predicted molar refractivity (Wildman–Crippen MR) is 55.6 cm³/mol. The molecule has 1 N–H and O–H groups in total. The lowest BCUT2D eigenvalue weighted by atomic mass is 10.1. The molecule has 13 heavy (non-hydrogen) atoms. The summed E-state index contributed by atoms with van der Waals surface area (Å²) in [5.74, 6) is 0.161. The topological polar surface area (TPSA) is 37.3 Å². The van der Waals surface area contributed by atoms with Crippen molar-refractivity contribution in [3.05, 3.63) is 28.8 Å². The van der Waals surface area contributed by atoms with Gasteiger partial charge in [0.25, 0.3) is 0 Å². The van der Waals surface area contributed by atoms with Gasteiger partial charge in [-0.05, 0) is 23.8 Å². The first-order chi connectivity index (χ1) is 6.13. The van der Waals surface area contributed by atoms with Crippen molar-refractivity contribution < 1.29 is 9.90 Å². The van der Waals surface area contributed by atoms with Gasteiger partial charge in [-0.3, -0.25) is 4.79 Å². The Kier molecular flexibility index (Phi) is 3.75. The molecule has 1 aromatic rings. The zero-order valence-corrected chi connectivity index (χ0v) is 9.10. The SMILES string of the molecule is O=C(CBr)Cc1cc(O)ccc1Cl. The molecule has 0 saturated heterocycles. The molecule has 0 radical (unpaired) electrons. The summed E-state index contributed by atoms with van der Waals surface area (Å²) in [4.78, 5) is 11.1. The van der Waals surface area contributed by atoms with Gasteiger partial charge in [0.15, 0.2) is 0 Å². The standard InChI is InChI=1S/C9H8BrClO2/c10-5-8(13)4-6-3-7(12)1-2-9(6)11/h1-3,12H,4-5H2. The molecule has 0 heterocycles. The number of rotatable bonds is 3. The fourth-order valence-corrected chi connectivity index (χ4v) is 1.34. The quantitative estimate of drug-likeness (QED) is 0.851. The smallest absolute Gasteiger partial charge is 0.147 e. The summed E-state index contributed by atoms with van der Waals surface area (Å²) < 4.78 is 0. The second-order valence-corrected chi connectivity index (χ2v) is 3.59. The summed E-state index contributed by atoms with van der Waals surface area (Å²) in [5.41, 5.74) is 0.658. The normalized spacial score (nSPS) is 10.0. The molecule has 0 unspecified atom stereocenters. The summed E-state index contributed by atoms with van der Waals surface area (Å²) >= 11 is 8.88. The van der Waals surface area contributed by atoms with Crippen LogP contribution in [0.5, 0.6) is 5.75 Å². The Morgan fingerprint density at radius 3 is 2.85 bits per heavy atom. The minimum absolute atomic E-state index is 0.0347. The van der Waals surface area contributed by atoms with E-state index in [4.69, 9.17) is 16.7 Å². The minimum Gasteiger partial charge on any atom is -0.508 e. The van der Waals surface area contributed by atoms with E-state index in [2.05, 4.69) is 15.9 Å². The van der Waals surface area contributed by atoms with E-state index < -0.39 is 0 Å². The second-order valence-electron chi connectivity index (χ2n) is 2.62. The van der Waals surface area contributed by atoms with Crippen LogP contribution in [0.3, 0.4) is 0 Å². The van der Waals surface area contributed by atoms with Gasteiger partial charge in [0.1, 0.15) is 11.5 Å². The van der Waals surface area contributed by atoms with Crippen molar-refractivity contribution in [3.63, 3.8) is 0 Å². The number of Topliss-reactive ketones (excluding diaryl/α,β-unsaturated/α-hetero) is 1. The molecule has 2 nitrogen and oxygen atoms in total. The molecule has 0 bridgehead atoms. The van der Waals surface area contributed by atoms with Crippen molar-refractivity contribution in [2.24, 2.45) is 0 Å². The zero-order chi connectivity index (χ0) is 9.84. The molecule has 0 amide bonds. The lowest BCUT2D eigenvalue weighted by Gasteiger charge is -2.02. The van der Waals surface area contributed by atoms with Gasteiger partial charge in [-0.1, -0.05) is 27.5 Å². The number of benzene rings is 1. The summed E-state index contributed by atoms with van der Waals surface area (Å²) in [6.07, 6.45) is 0.248. The Morgan fingerprint density at radius 2 is 2.23 bits per heavy atom. The zero-order valence-electron chi connectivity index (χ0n) is 6.76. The van der Waals surface area contributed by atoms with Crippen molar-refractivity contribution in [1.82, 2.24) is 0 Å². The predicted octanol–water partition coefficient (Wildman–Crippen LogP) is 2.55. The van der Waals surface area contributed by atoms with Crippen LogP contribution in [0, 0.1) is 0 Å². The Hall–Kier alpha value is -0.540.